The molecule has 0 aliphatic heterocycles. The maximum atomic E-state index is 11.3. The van der Waals surface area contributed by atoms with Gasteiger partial charge in [-0.15, -0.1) is 0 Å². The lowest BCUT2D eigenvalue weighted by molar-refractivity contribution is -0.153. The summed E-state index contributed by atoms with van der Waals surface area (Å²) in [5.41, 5.74) is 0. The van der Waals surface area contributed by atoms with Crippen LogP contribution >= 0.6 is 0 Å². The standard InChI is InChI=1S/C7H12O3/c1-3-5-6(8)7(9)10-4-2/h3-5H2,1-2H3/i1D3,3D2,5D2. The van der Waals surface area contributed by atoms with Crippen molar-refractivity contribution in [3.05, 3.63) is 0 Å². The van der Waals surface area contributed by atoms with Crippen LogP contribution in [0.1, 0.15) is 36.1 Å². The van der Waals surface area contributed by atoms with E-state index < -0.39 is 31.4 Å². The first-order chi connectivity index (χ1) is 7.39. The van der Waals surface area contributed by atoms with E-state index in [0.29, 0.717) is 0 Å². The minimum absolute atomic E-state index is 0.197. The van der Waals surface area contributed by atoms with Gasteiger partial charge in [0.25, 0.3) is 0 Å². The Balaban J connectivity index is 5.27. The van der Waals surface area contributed by atoms with Crippen molar-refractivity contribution in [1.82, 2.24) is 0 Å². The molecule has 10 heavy (non-hydrogen) atoms. The lowest BCUT2D eigenvalue weighted by Crippen LogP contribution is -2.16. The zero-order valence-electron chi connectivity index (χ0n) is 12.4. The van der Waals surface area contributed by atoms with E-state index >= 15 is 0 Å². The van der Waals surface area contributed by atoms with E-state index in [4.69, 9.17) is 9.60 Å². The highest BCUT2D eigenvalue weighted by atomic mass is 16.5. The average molecular weight is 151 g/mol. The van der Waals surface area contributed by atoms with Gasteiger partial charge < -0.3 is 4.74 Å². The van der Waals surface area contributed by atoms with Crippen molar-refractivity contribution in [3.63, 3.8) is 0 Å². The van der Waals surface area contributed by atoms with Crippen LogP contribution in [-0.2, 0) is 14.3 Å². The number of carbonyl (C=O) groups excluding carboxylic acids is 2. The number of rotatable bonds is 4. The van der Waals surface area contributed by atoms with Crippen molar-refractivity contribution in [2.24, 2.45) is 0 Å². The summed E-state index contributed by atoms with van der Waals surface area (Å²) in [6.45, 7) is -2.20. The van der Waals surface area contributed by atoms with Gasteiger partial charge in [0, 0.05) is 16.0 Å². The third-order valence-corrected chi connectivity index (χ3v) is 0.637. The highest BCUT2D eigenvalue weighted by molar-refractivity contribution is 6.33. The van der Waals surface area contributed by atoms with Crippen molar-refractivity contribution in [1.29, 1.82) is 0 Å². The van der Waals surface area contributed by atoms with E-state index in [9.17, 15) is 9.59 Å². The van der Waals surface area contributed by atoms with Crippen LogP contribution in [0.3, 0.4) is 0 Å². The van der Waals surface area contributed by atoms with E-state index in [-0.39, 0.29) is 6.61 Å². The van der Waals surface area contributed by atoms with Gasteiger partial charge >= 0.3 is 5.97 Å². The summed E-state index contributed by atoms with van der Waals surface area (Å²) in [6, 6.07) is 0. The number of Topliss-reactive ketones (excluding diaryl/α,β-unsaturated/α-hetero) is 1. The molecular formula is C7H12O3. The number of ether oxygens (including phenoxy) is 1. The summed E-state index contributed by atoms with van der Waals surface area (Å²) in [4.78, 5) is 22.3. The summed E-state index contributed by atoms with van der Waals surface area (Å²) >= 11 is 0. The number of hydrogen-bond acceptors (Lipinski definition) is 3. The van der Waals surface area contributed by atoms with Crippen LogP contribution in [0, 0.1) is 0 Å². The lowest BCUT2D eigenvalue weighted by atomic mass is 10.2. The van der Waals surface area contributed by atoms with Gasteiger partial charge in [0.05, 0.1) is 6.61 Å². The third kappa shape index (κ3) is 3.22. The molecule has 0 unspecified atom stereocenters. The van der Waals surface area contributed by atoms with E-state index in [1.165, 1.54) is 6.92 Å². The molecule has 0 aromatic rings. The van der Waals surface area contributed by atoms with Crippen molar-refractivity contribution < 1.29 is 23.9 Å². The zero-order chi connectivity index (χ0) is 14.1. The molecule has 0 heterocycles. The van der Waals surface area contributed by atoms with Crippen LogP contribution < -0.4 is 0 Å². The molecule has 0 rings (SSSR count). The Morgan fingerprint density at radius 3 is 2.90 bits per heavy atom. The molecule has 0 fully saturated rings. The van der Waals surface area contributed by atoms with Gasteiger partial charge in [-0.1, -0.05) is 6.85 Å². The Morgan fingerprint density at radius 1 is 1.70 bits per heavy atom. The molecule has 0 radical (unpaired) electrons. The summed E-state index contributed by atoms with van der Waals surface area (Å²) in [7, 11) is 0. The third-order valence-electron chi connectivity index (χ3n) is 0.637. The fourth-order valence-electron chi connectivity index (χ4n) is 0.304. The predicted molar refractivity (Wildman–Crippen MR) is 36.5 cm³/mol. The summed E-state index contributed by atoms with van der Waals surface area (Å²) in [5.74, 6) is -3.44. The first kappa shape index (κ1) is 2.64. The monoisotopic (exact) mass is 151 g/mol. The molecule has 0 atom stereocenters. The predicted octanol–water partition coefficient (Wildman–Crippen LogP) is 0.919. The molecule has 0 aliphatic carbocycles. The second-order valence-electron chi connectivity index (χ2n) is 1.30. The van der Waals surface area contributed by atoms with Gasteiger partial charge in [0.1, 0.15) is 0 Å². The molecule has 0 N–H and O–H groups in total. The number of carbonyl (C=O) groups is 2. The SMILES string of the molecule is [2H]C([2H])([2H])C([2H])([2H])C([2H])([2H])C(=O)C(=O)OCC. The van der Waals surface area contributed by atoms with Gasteiger partial charge in [-0.3, -0.25) is 4.79 Å². The molecule has 58 valence electrons. The van der Waals surface area contributed by atoms with Crippen LogP contribution in [0.25, 0.3) is 0 Å². The van der Waals surface area contributed by atoms with Crippen molar-refractivity contribution in [2.75, 3.05) is 6.61 Å². The van der Waals surface area contributed by atoms with Crippen LogP contribution in [0.5, 0.6) is 0 Å². The Bertz CT molecular complexity index is 320. The van der Waals surface area contributed by atoms with Crippen LogP contribution in [0.2, 0.25) is 0 Å². The molecule has 0 bridgehead atoms. The van der Waals surface area contributed by atoms with Crippen LogP contribution in [0.4, 0.5) is 0 Å². The minimum atomic E-state index is -3.48. The van der Waals surface area contributed by atoms with Gasteiger partial charge in [-0.05, 0) is 13.3 Å². The second kappa shape index (κ2) is 4.97. The molecular weight excluding hydrogens is 132 g/mol. The lowest BCUT2D eigenvalue weighted by Gasteiger charge is -1.97. The zero-order valence-corrected chi connectivity index (χ0v) is 5.43. The number of hydrogen-bond donors (Lipinski definition) is 0. The largest absolute Gasteiger partial charge is 0.460 e. The summed E-state index contributed by atoms with van der Waals surface area (Å²) < 4.78 is 53.4. The maximum Gasteiger partial charge on any atom is 0.374 e. The smallest absolute Gasteiger partial charge is 0.374 e. The van der Waals surface area contributed by atoms with Crippen molar-refractivity contribution >= 4 is 11.8 Å². The van der Waals surface area contributed by atoms with Crippen LogP contribution in [0.15, 0.2) is 0 Å². The van der Waals surface area contributed by atoms with Crippen LogP contribution in [-0.4, -0.2) is 18.4 Å². The van der Waals surface area contributed by atoms with E-state index in [1.807, 2.05) is 0 Å². The maximum absolute atomic E-state index is 11.3. The topological polar surface area (TPSA) is 43.4 Å². The first-order valence-electron chi connectivity index (χ1n) is 6.11. The fraction of sp³-hybridized carbons (Fsp3) is 0.714. The number of ketones is 1. The van der Waals surface area contributed by atoms with Gasteiger partial charge in [-0.25, -0.2) is 4.79 Å². The molecule has 0 saturated heterocycles. The quantitative estimate of drug-likeness (QED) is 0.443. The molecule has 0 aromatic carbocycles. The first-order valence-corrected chi connectivity index (χ1v) is 2.61. The van der Waals surface area contributed by atoms with E-state index in [1.54, 1.807) is 0 Å². The Hall–Kier alpha value is -0.860. The van der Waals surface area contributed by atoms with Crippen molar-refractivity contribution in [2.45, 2.75) is 26.5 Å². The molecule has 0 aliphatic rings. The Labute approximate surface area is 70.2 Å². The summed E-state index contributed by atoms with van der Waals surface area (Å²) in [6.07, 6.45) is -6.96. The highest BCUT2D eigenvalue weighted by Crippen LogP contribution is 1.91. The molecule has 3 heteroatoms. The van der Waals surface area contributed by atoms with Crippen molar-refractivity contribution in [3.8, 4) is 0 Å². The van der Waals surface area contributed by atoms with E-state index in [0.717, 1.165) is 0 Å². The fourth-order valence-corrected chi connectivity index (χ4v) is 0.304. The Morgan fingerprint density at radius 2 is 2.40 bits per heavy atom. The molecule has 0 aromatic heterocycles. The molecule has 3 nitrogen and oxygen atoms in total. The van der Waals surface area contributed by atoms with Gasteiger partial charge in [-0.2, -0.15) is 0 Å². The second-order valence-corrected chi connectivity index (χ2v) is 1.30. The van der Waals surface area contributed by atoms with E-state index in [2.05, 4.69) is 4.74 Å². The average Bonchev–Trinajstić information content (AvgIpc) is 2.14. The summed E-state index contributed by atoms with van der Waals surface area (Å²) in [5, 5.41) is 0. The molecule has 0 amide bonds. The molecule has 0 saturated carbocycles. The number of esters is 1. The highest BCUT2D eigenvalue weighted by Gasteiger charge is 2.11. The minimum Gasteiger partial charge on any atom is -0.460 e. The Kier molecular flexibility index (Phi) is 1.31. The van der Waals surface area contributed by atoms with Gasteiger partial charge in [0.15, 0.2) is 0 Å². The van der Waals surface area contributed by atoms with Gasteiger partial charge in [0.2, 0.25) is 5.78 Å². The normalized spacial score (nSPS) is 23.5. The molecule has 0 spiro atoms.